The Morgan fingerprint density at radius 1 is 1.47 bits per heavy atom. The standard InChI is InChI=1S/C12H15FN2OS/c13-8-1-5-10(6-2-8)17-7-11(12(14)16)15-9-3-4-9/h1-2,5-6,9,11,15H,3-4,7H2,(H2,14,16). The van der Waals surface area contributed by atoms with Gasteiger partial charge in [0.25, 0.3) is 0 Å². The molecule has 1 atom stereocenters. The van der Waals surface area contributed by atoms with Gasteiger partial charge in [0.1, 0.15) is 5.82 Å². The van der Waals surface area contributed by atoms with Crippen molar-refractivity contribution in [2.75, 3.05) is 5.75 Å². The fourth-order valence-electron chi connectivity index (χ4n) is 1.46. The normalized spacial score (nSPS) is 16.8. The summed E-state index contributed by atoms with van der Waals surface area (Å²) in [4.78, 5) is 12.2. The molecule has 1 fully saturated rings. The molecule has 0 saturated heterocycles. The smallest absolute Gasteiger partial charge is 0.235 e. The fourth-order valence-corrected chi connectivity index (χ4v) is 2.41. The third-order valence-electron chi connectivity index (χ3n) is 2.59. The van der Waals surface area contributed by atoms with Crippen LogP contribution in [0.5, 0.6) is 0 Å². The molecule has 0 bridgehead atoms. The van der Waals surface area contributed by atoms with Crippen LogP contribution in [0.2, 0.25) is 0 Å². The Morgan fingerprint density at radius 2 is 2.12 bits per heavy atom. The Labute approximate surface area is 104 Å². The van der Waals surface area contributed by atoms with Gasteiger partial charge in [-0.05, 0) is 37.1 Å². The van der Waals surface area contributed by atoms with Crippen LogP contribution in [0.1, 0.15) is 12.8 Å². The maximum Gasteiger partial charge on any atom is 0.235 e. The summed E-state index contributed by atoms with van der Waals surface area (Å²) in [6, 6.07) is 6.37. The number of hydrogen-bond donors (Lipinski definition) is 2. The molecule has 0 radical (unpaired) electrons. The lowest BCUT2D eigenvalue weighted by atomic mass is 10.3. The number of hydrogen-bond acceptors (Lipinski definition) is 3. The van der Waals surface area contributed by atoms with Gasteiger partial charge in [0, 0.05) is 16.7 Å². The van der Waals surface area contributed by atoms with Crippen molar-refractivity contribution in [1.29, 1.82) is 0 Å². The zero-order valence-corrected chi connectivity index (χ0v) is 10.2. The van der Waals surface area contributed by atoms with Crippen molar-refractivity contribution in [3.05, 3.63) is 30.1 Å². The minimum Gasteiger partial charge on any atom is -0.368 e. The van der Waals surface area contributed by atoms with Crippen LogP contribution in [0, 0.1) is 5.82 Å². The van der Waals surface area contributed by atoms with E-state index in [0.717, 1.165) is 17.7 Å². The van der Waals surface area contributed by atoms with Crippen molar-refractivity contribution in [3.8, 4) is 0 Å². The molecule has 0 spiro atoms. The molecule has 1 aliphatic carbocycles. The number of primary amides is 1. The summed E-state index contributed by atoms with van der Waals surface area (Å²) >= 11 is 1.51. The van der Waals surface area contributed by atoms with Crippen molar-refractivity contribution < 1.29 is 9.18 Å². The second-order valence-corrected chi connectivity index (χ2v) is 5.25. The van der Waals surface area contributed by atoms with Gasteiger partial charge in [0.05, 0.1) is 6.04 Å². The van der Waals surface area contributed by atoms with Crippen molar-refractivity contribution >= 4 is 17.7 Å². The van der Waals surface area contributed by atoms with Gasteiger partial charge in [0.2, 0.25) is 5.91 Å². The number of thioether (sulfide) groups is 1. The molecule has 1 unspecified atom stereocenters. The summed E-state index contributed by atoms with van der Waals surface area (Å²) < 4.78 is 12.7. The van der Waals surface area contributed by atoms with Gasteiger partial charge in [-0.1, -0.05) is 0 Å². The Bertz CT molecular complexity index is 392. The lowest BCUT2D eigenvalue weighted by Crippen LogP contribution is -2.44. The third-order valence-corrected chi connectivity index (χ3v) is 3.69. The highest BCUT2D eigenvalue weighted by atomic mass is 32.2. The molecule has 92 valence electrons. The van der Waals surface area contributed by atoms with Gasteiger partial charge in [-0.2, -0.15) is 0 Å². The molecule has 0 aliphatic heterocycles. The van der Waals surface area contributed by atoms with Crippen molar-refractivity contribution in [2.45, 2.75) is 29.8 Å². The fraction of sp³-hybridized carbons (Fsp3) is 0.417. The van der Waals surface area contributed by atoms with Gasteiger partial charge in [-0.3, -0.25) is 4.79 Å². The van der Waals surface area contributed by atoms with Crippen LogP contribution >= 0.6 is 11.8 Å². The van der Waals surface area contributed by atoms with Crippen LogP contribution in [0.15, 0.2) is 29.2 Å². The first-order valence-corrected chi connectivity index (χ1v) is 6.57. The topological polar surface area (TPSA) is 55.1 Å². The number of amides is 1. The largest absolute Gasteiger partial charge is 0.368 e. The lowest BCUT2D eigenvalue weighted by molar-refractivity contribution is -0.119. The molecular formula is C12H15FN2OS. The summed E-state index contributed by atoms with van der Waals surface area (Å²) in [6.07, 6.45) is 2.23. The van der Waals surface area contributed by atoms with Crippen molar-refractivity contribution in [1.82, 2.24) is 5.32 Å². The summed E-state index contributed by atoms with van der Waals surface area (Å²) in [5.74, 6) is 0.000651. The van der Waals surface area contributed by atoms with E-state index in [9.17, 15) is 9.18 Å². The second kappa shape index (κ2) is 5.51. The van der Waals surface area contributed by atoms with Crippen LogP contribution < -0.4 is 11.1 Å². The predicted molar refractivity (Wildman–Crippen MR) is 66.3 cm³/mol. The lowest BCUT2D eigenvalue weighted by Gasteiger charge is -2.14. The van der Waals surface area contributed by atoms with Gasteiger partial charge in [0.15, 0.2) is 0 Å². The number of nitrogens with two attached hydrogens (primary N) is 1. The molecule has 2 rings (SSSR count). The Balaban J connectivity index is 1.85. The average Bonchev–Trinajstić information content (AvgIpc) is 3.10. The second-order valence-electron chi connectivity index (χ2n) is 4.16. The number of rotatable bonds is 6. The van der Waals surface area contributed by atoms with E-state index in [1.807, 2.05) is 0 Å². The zero-order chi connectivity index (χ0) is 12.3. The SMILES string of the molecule is NC(=O)C(CSc1ccc(F)cc1)NC1CC1. The molecule has 1 aliphatic rings. The monoisotopic (exact) mass is 254 g/mol. The van der Waals surface area contributed by atoms with E-state index in [1.54, 1.807) is 12.1 Å². The number of carbonyl (C=O) groups excluding carboxylic acids is 1. The summed E-state index contributed by atoms with van der Waals surface area (Å²) in [7, 11) is 0. The highest BCUT2D eigenvalue weighted by Crippen LogP contribution is 2.22. The first kappa shape index (κ1) is 12.4. The summed E-state index contributed by atoms with van der Waals surface area (Å²) in [6.45, 7) is 0. The molecular weight excluding hydrogens is 239 g/mol. The Hall–Kier alpha value is -1.07. The van der Waals surface area contributed by atoms with Gasteiger partial charge >= 0.3 is 0 Å². The predicted octanol–water partition coefficient (Wildman–Crippen LogP) is 1.52. The van der Waals surface area contributed by atoms with E-state index in [-0.39, 0.29) is 17.8 Å². The third kappa shape index (κ3) is 4.02. The number of halogens is 1. The van der Waals surface area contributed by atoms with Crippen molar-refractivity contribution in [3.63, 3.8) is 0 Å². The number of carbonyl (C=O) groups is 1. The Morgan fingerprint density at radius 3 is 2.65 bits per heavy atom. The molecule has 1 aromatic carbocycles. The zero-order valence-electron chi connectivity index (χ0n) is 9.36. The van der Waals surface area contributed by atoms with Crippen LogP contribution in [0.25, 0.3) is 0 Å². The number of benzene rings is 1. The Kier molecular flexibility index (Phi) is 4.02. The first-order chi connectivity index (χ1) is 8.15. The maximum atomic E-state index is 12.7. The molecule has 0 heterocycles. The highest BCUT2D eigenvalue weighted by molar-refractivity contribution is 7.99. The molecule has 0 aromatic heterocycles. The quantitative estimate of drug-likeness (QED) is 0.757. The molecule has 3 nitrogen and oxygen atoms in total. The number of nitrogens with one attached hydrogen (secondary N) is 1. The van der Waals surface area contributed by atoms with Crippen LogP contribution in [0.4, 0.5) is 4.39 Å². The van der Waals surface area contributed by atoms with Crippen molar-refractivity contribution in [2.24, 2.45) is 5.73 Å². The van der Waals surface area contributed by atoms with E-state index < -0.39 is 0 Å². The molecule has 1 amide bonds. The molecule has 1 saturated carbocycles. The maximum absolute atomic E-state index is 12.7. The van der Waals surface area contributed by atoms with Crippen LogP contribution in [-0.4, -0.2) is 23.7 Å². The highest BCUT2D eigenvalue weighted by Gasteiger charge is 2.27. The molecule has 5 heteroatoms. The summed E-state index contributed by atoms with van der Waals surface area (Å²) in [5.41, 5.74) is 5.33. The van der Waals surface area contributed by atoms with E-state index in [0.29, 0.717) is 11.8 Å². The first-order valence-electron chi connectivity index (χ1n) is 5.59. The van der Waals surface area contributed by atoms with E-state index >= 15 is 0 Å². The van der Waals surface area contributed by atoms with Gasteiger partial charge in [-0.25, -0.2) is 4.39 Å². The molecule has 17 heavy (non-hydrogen) atoms. The van der Waals surface area contributed by atoms with Crippen LogP contribution in [0.3, 0.4) is 0 Å². The minimum atomic E-state index is -0.327. The molecule has 1 aromatic rings. The van der Waals surface area contributed by atoms with E-state index in [2.05, 4.69) is 5.32 Å². The van der Waals surface area contributed by atoms with Gasteiger partial charge < -0.3 is 11.1 Å². The van der Waals surface area contributed by atoms with Crippen LogP contribution in [-0.2, 0) is 4.79 Å². The summed E-state index contributed by atoms with van der Waals surface area (Å²) in [5, 5.41) is 3.20. The average molecular weight is 254 g/mol. The van der Waals surface area contributed by atoms with E-state index in [4.69, 9.17) is 5.73 Å². The van der Waals surface area contributed by atoms with E-state index in [1.165, 1.54) is 23.9 Å². The van der Waals surface area contributed by atoms with Gasteiger partial charge in [-0.15, -0.1) is 11.8 Å². The minimum absolute atomic E-state index is 0.253. The molecule has 3 N–H and O–H groups in total.